The number of aromatic nitrogens is 1. The summed E-state index contributed by atoms with van der Waals surface area (Å²) in [6, 6.07) is 14.4. The van der Waals surface area contributed by atoms with Crippen molar-refractivity contribution in [2.45, 2.75) is 12.4 Å². The maximum Gasteiger partial charge on any atom is 0.316 e. The third-order valence-electron chi connectivity index (χ3n) is 3.47. The molecule has 0 spiro atoms. The van der Waals surface area contributed by atoms with E-state index in [9.17, 15) is 13.6 Å². The van der Waals surface area contributed by atoms with Crippen molar-refractivity contribution in [1.29, 1.82) is 0 Å². The van der Waals surface area contributed by atoms with Crippen LogP contribution in [0.15, 0.2) is 59.1 Å². The van der Waals surface area contributed by atoms with Crippen LogP contribution >= 0.6 is 11.8 Å². The van der Waals surface area contributed by atoms with Gasteiger partial charge in [-0.1, -0.05) is 35.5 Å². The second kappa shape index (κ2) is 8.62. The first-order chi connectivity index (χ1) is 12.6. The highest BCUT2D eigenvalue weighted by Gasteiger charge is 2.13. The number of rotatable bonds is 7. The Morgan fingerprint density at radius 2 is 1.92 bits per heavy atom. The summed E-state index contributed by atoms with van der Waals surface area (Å²) < 4.78 is 36.8. The molecule has 3 aromatic rings. The van der Waals surface area contributed by atoms with Crippen molar-refractivity contribution in [3.63, 3.8) is 0 Å². The van der Waals surface area contributed by atoms with Gasteiger partial charge in [-0.2, -0.15) is 0 Å². The monoisotopic (exact) mass is 375 g/mol. The SMILES string of the molecule is O=C(CSCc1ccccc1)OCc1cc(-c2ccc(F)cc2F)on1. The van der Waals surface area contributed by atoms with Crippen molar-refractivity contribution in [2.75, 3.05) is 5.75 Å². The first-order valence-electron chi connectivity index (χ1n) is 7.80. The number of carbonyl (C=O) groups excluding carboxylic acids is 1. The Balaban J connectivity index is 1.47. The van der Waals surface area contributed by atoms with Crippen molar-refractivity contribution in [2.24, 2.45) is 0 Å². The van der Waals surface area contributed by atoms with Crippen LogP contribution in [0.5, 0.6) is 0 Å². The lowest BCUT2D eigenvalue weighted by molar-refractivity contribution is -0.141. The van der Waals surface area contributed by atoms with Crippen molar-refractivity contribution >= 4 is 17.7 Å². The zero-order valence-electron chi connectivity index (χ0n) is 13.7. The maximum atomic E-state index is 13.7. The van der Waals surface area contributed by atoms with E-state index in [4.69, 9.17) is 9.26 Å². The number of ether oxygens (including phenoxy) is 1. The summed E-state index contributed by atoms with van der Waals surface area (Å²) in [5, 5.41) is 3.74. The topological polar surface area (TPSA) is 52.3 Å². The molecule has 0 saturated heterocycles. The molecule has 7 heteroatoms. The molecule has 0 N–H and O–H groups in total. The molecule has 2 aromatic carbocycles. The number of benzene rings is 2. The molecule has 0 saturated carbocycles. The summed E-state index contributed by atoms with van der Waals surface area (Å²) in [5.74, 6) is -0.717. The predicted molar refractivity (Wildman–Crippen MR) is 94.3 cm³/mol. The van der Waals surface area contributed by atoms with E-state index >= 15 is 0 Å². The van der Waals surface area contributed by atoms with Gasteiger partial charge in [0.15, 0.2) is 5.76 Å². The summed E-state index contributed by atoms with van der Waals surface area (Å²) in [6.07, 6.45) is 0. The van der Waals surface area contributed by atoms with Gasteiger partial charge < -0.3 is 9.26 Å². The van der Waals surface area contributed by atoms with Crippen LogP contribution in [0.1, 0.15) is 11.3 Å². The first kappa shape index (κ1) is 18.1. The lowest BCUT2D eigenvalue weighted by atomic mass is 10.1. The number of nitrogens with zero attached hydrogens (tertiary/aromatic N) is 1. The Hall–Kier alpha value is -2.67. The van der Waals surface area contributed by atoms with Crippen LogP contribution in [0.2, 0.25) is 0 Å². The maximum absolute atomic E-state index is 13.7. The Morgan fingerprint density at radius 1 is 1.12 bits per heavy atom. The molecule has 0 aliphatic heterocycles. The molecule has 0 aliphatic rings. The third-order valence-corrected chi connectivity index (χ3v) is 4.45. The summed E-state index contributed by atoms with van der Waals surface area (Å²) in [6.45, 7) is -0.0724. The van der Waals surface area contributed by atoms with Crippen LogP contribution in [0.3, 0.4) is 0 Å². The van der Waals surface area contributed by atoms with Crippen LogP contribution in [0.25, 0.3) is 11.3 Å². The number of esters is 1. The van der Waals surface area contributed by atoms with E-state index in [-0.39, 0.29) is 29.7 Å². The molecule has 1 aromatic heterocycles. The highest BCUT2D eigenvalue weighted by Crippen LogP contribution is 2.24. The highest BCUT2D eigenvalue weighted by molar-refractivity contribution is 7.99. The van der Waals surface area contributed by atoms with Gasteiger partial charge in [-0.15, -0.1) is 11.8 Å². The fourth-order valence-corrected chi connectivity index (χ4v) is 3.00. The van der Waals surface area contributed by atoms with E-state index < -0.39 is 11.6 Å². The number of halogens is 2. The van der Waals surface area contributed by atoms with Crippen LogP contribution in [0, 0.1) is 11.6 Å². The Kier molecular flexibility index (Phi) is 6.01. The minimum atomic E-state index is -0.748. The summed E-state index contributed by atoms with van der Waals surface area (Å²) in [7, 11) is 0. The van der Waals surface area contributed by atoms with E-state index in [1.54, 1.807) is 0 Å². The van der Waals surface area contributed by atoms with Gasteiger partial charge >= 0.3 is 5.97 Å². The van der Waals surface area contributed by atoms with Gasteiger partial charge in [0.1, 0.15) is 23.9 Å². The van der Waals surface area contributed by atoms with E-state index in [2.05, 4.69) is 5.16 Å². The second-order valence-electron chi connectivity index (χ2n) is 5.45. The zero-order chi connectivity index (χ0) is 18.4. The highest BCUT2D eigenvalue weighted by atomic mass is 32.2. The summed E-state index contributed by atoms with van der Waals surface area (Å²) in [5.41, 5.74) is 1.58. The molecule has 0 aliphatic carbocycles. The molecule has 0 atom stereocenters. The average Bonchev–Trinajstić information content (AvgIpc) is 3.09. The average molecular weight is 375 g/mol. The zero-order valence-corrected chi connectivity index (χ0v) is 14.5. The van der Waals surface area contributed by atoms with E-state index in [1.807, 2.05) is 30.3 Å². The number of hydrogen-bond donors (Lipinski definition) is 0. The minimum absolute atomic E-state index is 0.0724. The Morgan fingerprint density at radius 3 is 2.69 bits per heavy atom. The van der Waals surface area contributed by atoms with E-state index in [0.717, 1.165) is 17.7 Å². The molecule has 1 heterocycles. The van der Waals surface area contributed by atoms with Crippen LogP contribution < -0.4 is 0 Å². The molecule has 0 fully saturated rings. The van der Waals surface area contributed by atoms with E-state index in [0.29, 0.717) is 11.4 Å². The Labute approximate surface area is 153 Å². The predicted octanol–water partition coefficient (Wildman–Crippen LogP) is 4.60. The fraction of sp³-hybridized carbons (Fsp3) is 0.158. The van der Waals surface area contributed by atoms with Gasteiger partial charge in [0.2, 0.25) is 0 Å². The largest absolute Gasteiger partial charge is 0.458 e. The smallest absolute Gasteiger partial charge is 0.316 e. The molecule has 0 bridgehead atoms. The Bertz CT molecular complexity index is 884. The van der Waals surface area contributed by atoms with Crippen molar-refractivity contribution < 1.29 is 22.8 Å². The molecular formula is C19H15F2NO3S. The van der Waals surface area contributed by atoms with Crippen molar-refractivity contribution in [1.82, 2.24) is 5.16 Å². The quantitative estimate of drug-likeness (QED) is 0.565. The van der Waals surface area contributed by atoms with Gasteiger partial charge in [0.25, 0.3) is 0 Å². The van der Waals surface area contributed by atoms with Crippen molar-refractivity contribution in [3.05, 3.63) is 77.5 Å². The van der Waals surface area contributed by atoms with Gasteiger partial charge in [0.05, 0.1) is 11.3 Å². The molecule has 26 heavy (non-hydrogen) atoms. The second-order valence-corrected chi connectivity index (χ2v) is 6.43. The van der Waals surface area contributed by atoms with Gasteiger partial charge in [-0.05, 0) is 17.7 Å². The van der Waals surface area contributed by atoms with Crippen LogP contribution in [0.4, 0.5) is 8.78 Å². The molecule has 3 rings (SSSR count). The lowest BCUT2D eigenvalue weighted by Crippen LogP contribution is -2.07. The lowest BCUT2D eigenvalue weighted by Gasteiger charge is -2.03. The minimum Gasteiger partial charge on any atom is -0.458 e. The third kappa shape index (κ3) is 4.92. The summed E-state index contributed by atoms with van der Waals surface area (Å²) >= 11 is 1.45. The van der Waals surface area contributed by atoms with Gasteiger partial charge in [-0.3, -0.25) is 4.79 Å². The van der Waals surface area contributed by atoms with Crippen molar-refractivity contribution in [3.8, 4) is 11.3 Å². The number of carbonyl (C=O) groups is 1. The first-order valence-corrected chi connectivity index (χ1v) is 8.95. The van der Waals surface area contributed by atoms with Crippen LogP contribution in [-0.4, -0.2) is 16.9 Å². The fourth-order valence-electron chi connectivity index (χ4n) is 2.22. The molecule has 134 valence electrons. The molecule has 0 amide bonds. The van der Waals surface area contributed by atoms with Gasteiger partial charge in [0, 0.05) is 17.9 Å². The van der Waals surface area contributed by atoms with E-state index in [1.165, 1.54) is 23.9 Å². The molecule has 0 radical (unpaired) electrons. The molecule has 0 unspecified atom stereocenters. The normalized spacial score (nSPS) is 10.7. The number of hydrogen-bond acceptors (Lipinski definition) is 5. The number of thioether (sulfide) groups is 1. The molecular weight excluding hydrogens is 360 g/mol. The standard InChI is InChI=1S/C19H15F2NO3S/c20-14-6-7-16(17(21)8-14)18-9-15(22-25-18)10-24-19(23)12-26-11-13-4-2-1-3-5-13/h1-9H,10-12H2. The van der Waals surface area contributed by atoms with Gasteiger partial charge in [-0.25, -0.2) is 8.78 Å². The summed E-state index contributed by atoms with van der Waals surface area (Å²) in [4.78, 5) is 11.8. The van der Waals surface area contributed by atoms with Crippen LogP contribution in [-0.2, 0) is 21.9 Å². The molecule has 4 nitrogen and oxygen atoms in total.